The molecule has 1 aliphatic heterocycles. The Morgan fingerprint density at radius 1 is 1.42 bits per heavy atom. The van der Waals surface area contributed by atoms with E-state index in [9.17, 15) is 4.79 Å². The highest BCUT2D eigenvalue weighted by Crippen LogP contribution is 2.24. The molecule has 1 aliphatic rings. The molecule has 0 aliphatic carbocycles. The van der Waals surface area contributed by atoms with Gasteiger partial charge in [0.25, 0.3) is 0 Å². The van der Waals surface area contributed by atoms with Crippen LogP contribution in [0.3, 0.4) is 0 Å². The van der Waals surface area contributed by atoms with Crippen LogP contribution in [-0.2, 0) is 11.3 Å². The molecule has 1 saturated heterocycles. The molecule has 1 amide bonds. The van der Waals surface area contributed by atoms with Crippen molar-refractivity contribution >= 4 is 16.9 Å². The quantitative estimate of drug-likeness (QED) is 0.874. The first kappa shape index (κ1) is 16.9. The van der Waals surface area contributed by atoms with Gasteiger partial charge in [0.1, 0.15) is 5.82 Å². The number of benzene rings is 1. The second kappa shape index (κ2) is 6.91. The molecule has 0 radical (unpaired) electrons. The molecule has 0 spiro atoms. The molecule has 6 heteroatoms. The number of imidazole rings is 1. The van der Waals surface area contributed by atoms with Crippen molar-refractivity contribution in [2.75, 3.05) is 20.6 Å². The number of likely N-dealkylation sites (tertiary alicyclic amines) is 1. The number of aromatic amines is 1. The van der Waals surface area contributed by atoms with Crippen LogP contribution in [0.15, 0.2) is 18.2 Å². The molecule has 0 bridgehead atoms. The summed E-state index contributed by atoms with van der Waals surface area (Å²) in [6.07, 6.45) is 2.67. The monoisotopic (exact) mass is 329 g/mol. The Bertz CT molecular complexity index is 725. The van der Waals surface area contributed by atoms with Gasteiger partial charge in [0.2, 0.25) is 5.91 Å². The number of H-pyrrole nitrogens is 1. The third kappa shape index (κ3) is 3.44. The molecule has 1 aromatic heterocycles. The second-order valence-corrected chi connectivity index (χ2v) is 6.94. The topological polar surface area (TPSA) is 78.2 Å². The minimum Gasteiger partial charge on any atom is -0.340 e. The molecule has 130 valence electrons. The van der Waals surface area contributed by atoms with Crippen molar-refractivity contribution in [3.05, 3.63) is 29.6 Å². The molecule has 2 aromatic rings. The third-order valence-corrected chi connectivity index (χ3v) is 5.17. The van der Waals surface area contributed by atoms with Gasteiger partial charge in [-0.3, -0.25) is 9.69 Å². The number of nitrogens with zero attached hydrogens (tertiary/aromatic N) is 3. The Morgan fingerprint density at radius 2 is 2.17 bits per heavy atom. The van der Waals surface area contributed by atoms with Crippen molar-refractivity contribution in [3.63, 3.8) is 0 Å². The van der Waals surface area contributed by atoms with Gasteiger partial charge in [-0.15, -0.1) is 0 Å². The summed E-state index contributed by atoms with van der Waals surface area (Å²) in [7, 11) is 3.92. The van der Waals surface area contributed by atoms with E-state index in [0.29, 0.717) is 31.6 Å². The Balaban J connectivity index is 1.61. The lowest BCUT2D eigenvalue weighted by Gasteiger charge is -2.26. The number of aryl methyl sites for hydroxylation is 1. The van der Waals surface area contributed by atoms with Crippen LogP contribution >= 0.6 is 0 Å². The fourth-order valence-corrected chi connectivity index (χ4v) is 3.54. The van der Waals surface area contributed by atoms with E-state index in [0.717, 1.165) is 29.7 Å². The molecule has 3 N–H and O–H groups in total. The SMILES string of the molecule is Cc1ccc2nc(CN(C)C(=O)C[C@@H]3CC[C@H](CN)N3C)[nH]c2c1. The van der Waals surface area contributed by atoms with Crippen molar-refractivity contribution in [1.29, 1.82) is 0 Å². The maximum absolute atomic E-state index is 12.5. The normalized spacial score (nSPS) is 21.5. The minimum atomic E-state index is 0.154. The van der Waals surface area contributed by atoms with Gasteiger partial charge in [0.15, 0.2) is 0 Å². The van der Waals surface area contributed by atoms with Crippen LogP contribution in [0.25, 0.3) is 11.0 Å². The first-order chi connectivity index (χ1) is 11.5. The van der Waals surface area contributed by atoms with Gasteiger partial charge in [-0.05, 0) is 44.5 Å². The summed E-state index contributed by atoms with van der Waals surface area (Å²) in [5, 5.41) is 0. The number of hydrogen-bond donors (Lipinski definition) is 2. The Labute approximate surface area is 143 Å². The lowest BCUT2D eigenvalue weighted by molar-refractivity contribution is -0.131. The Kier molecular flexibility index (Phi) is 4.87. The smallest absolute Gasteiger partial charge is 0.224 e. The number of carbonyl (C=O) groups is 1. The molecule has 3 rings (SSSR count). The van der Waals surface area contributed by atoms with Crippen molar-refractivity contribution in [2.24, 2.45) is 5.73 Å². The number of amides is 1. The number of nitrogens with two attached hydrogens (primary N) is 1. The maximum Gasteiger partial charge on any atom is 0.224 e. The van der Waals surface area contributed by atoms with E-state index in [1.54, 1.807) is 4.90 Å². The molecular weight excluding hydrogens is 302 g/mol. The molecule has 2 heterocycles. The number of aromatic nitrogens is 2. The van der Waals surface area contributed by atoms with Crippen LogP contribution < -0.4 is 5.73 Å². The molecule has 2 atom stereocenters. The molecule has 1 aromatic carbocycles. The van der Waals surface area contributed by atoms with E-state index < -0.39 is 0 Å². The molecule has 24 heavy (non-hydrogen) atoms. The zero-order valence-electron chi connectivity index (χ0n) is 14.7. The minimum absolute atomic E-state index is 0.154. The van der Waals surface area contributed by atoms with Gasteiger partial charge in [-0.25, -0.2) is 4.98 Å². The summed E-state index contributed by atoms with van der Waals surface area (Å²) in [4.78, 5) is 24.4. The highest BCUT2D eigenvalue weighted by atomic mass is 16.2. The fourth-order valence-electron chi connectivity index (χ4n) is 3.54. The Morgan fingerprint density at radius 3 is 2.88 bits per heavy atom. The van der Waals surface area contributed by atoms with Crippen LogP contribution in [0.1, 0.15) is 30.7 Å². The van der Waals surface area contributed by atoms with Crippen LogP contribution in [0.2, 0.25) is 0 Å². The maximum atomic E-state index is 12.5. The van der Waals surface area contributed by atoms with E-state index in [2.05, 4.69) is 34.9 Å². The lowest BCUT2D eigenvalue weighted by atomic mass is 10.1. The average molecular weight is 329 g/mol. The summed E-state index contributed by atoms with van der Waals surface area (Å²) in [5.41, 5.74) is 8.94. The van der Waals surface area contributed by atoms with Crippen molar-refractivity contribution in [1.82, 2.24) is 19.8 Å². The number of fused-ring (bicyclic) bond motifs is 1. The molecule has 1 fully saturated rings. The van der Waals surface area contributed by atoms with Gasteiger partial charge in [0, 0.05) is 32.1 Å². The highest BCUT2D eigenvalue weighted by Gasteiger charge is 2.31. The number of carbonyl (C=O) groups excluding carboxylic acids is 1. The van der Waals surface area contributed by atoms with Gasteiger partial charge in [0.05, 0.1) is 17.6 Å². The van der Waals surface area contributed by atoms with Crippen molar-refractivity contribution < 1.29 is 4.79 Å². The van der Waals surface area contributed by atoms with E-state index in [4.69, 9.17) is 5.73 Å². The predicted molar refractivity (Wildman–Crippen MR) is 95.5 cm³/mol. The zero-order chi connectivity index (χ0) is 17.3. The highest BCUT2D eigenvalue weighted by molar-refractivity contribution is 5.77. The van der Waals surface area contributed by atoms with Crippen molar-refractivity contribution in [2.45, 2.75) is 44.8 Å². The molecule has 6 nitrogen and oxygen atoms in total. The molecular formula is C18H27N5O. The number of nitrogens with one attached hydrogen (secondary N) is 1. The Hall–Kier alpha value is -1.92. The second-order valence-electron chi connectivity index (χ2n) is 6.94. The van der Waals surface area contributed by atoms with Crippen LogP contribution in [0.4, 0.5) is 0 Å². The standard InChI is InChI=1S/C18H27N5O/c1-12-4-7-15-16(8-12)21-17(20-15)11-22(2)18(24)9-13-5-6-14(10-19)23(13)3/h4,7-8,13-14H,5-6,9-11,19H2,1-3H3,(H,20,21)/t13-,14+/m0/s1. The molecule has 0 unspecified atom stereocenters. The largest absolute Gasteiger partial charge is 0.340 e. The van der Waals surface area contributed by atoms with Gasteiger partial charge in [-0.1, -0.05) is 6.07 Å². The van der Waals surface area contributed by atoms with Crippen LogP contribution in [0, 0.1) is 6.92 Å². The van der Waals surface area contributed by atoms with Gasteiger partial charge >= 0.3 is 0 Å². The summed E-state index contributed by atoms with van der Waals surface area (Å²) in [6, 6.07) is 6.84. The summed E-state index contributed by atoms with van der Waals surface area (Å²) in [5.74, 6) is 0.979. The van der Waals surface area contributed by atoms with Crippen LogP contribution in [0.5, 0.6) is 0 Å². The van der Waals surface area contributed by atoms with E-state index in [1.165, 1.54) is 5.56 Å². The average Bonchev–Trinajstić information content (AvgIpc) is 3.10. The predicted octanol–water partition coefficient (Wildman–Crippen LogP) is 1.64. The lowest BCUT2D eigenvalue weighted by Crippen LogP contribution is -2.40. The first-order valence-corrected chi connectivity index (χ1v) is 8.59. The van der Waals surface area contributed by atoms with E-state index in [1.807, 2.05) is 19.2 Å². The third-order valence-electron chi connectivity index (χ3n) is 5.17. The summed E-state index contributed by atoms with van der Waals surface area (Å²) in [6.45, 7) is 3.22. The van der Waals surface area contributed by atoms with Gasteiger partial charge < -0.3 is 15.6 Å². The number of rotatable bonds is 5. The fraction of sp³-hybridized carbons (Fsp3) is 0.556. The first-order valence-electron chi connectivity index (χ1n) is 8.59. The molecule has 0 saturated carbocycles. The van der Waals surface area contributed by atoms with Crippen LogP contribution in [-0.4, -0.2) is 58.4 Å². The van der Waals surface area contributed by atoms with E-state index >= 15 is 0 Å². The number of likely N-dealkylation sites (N-methyl/N-ethyl adjacent to an activating group) is 1. The summed E-state index contributed by atoms with van der Waals surface area (Å²) < 4.78 is 0. The van der Waals surface area contributed by atoms with Crippen molar-refractivity contribution in [3.8, 4) is 0 Å². The zero-order valence-corrected chi connectivity index (χ0v) is 14.7. The van der Waals surface area contributed by atoms with E-state index in [-0.39, 0.29) is 5.91 Å². The number of hydrogen-bond acceptors (Lipinski definition) is 4. The van der Waals surface area contributed by atoms with Gasteiger partial charge in [-0.2, -0.15) is 0 Å². The summed E-state index contributed by atoms with van der Waals surface area (Å²) >= 11 is 0.